The van der Waals surface area contributed by atoms with Crippen molar-refractivity contribution in [1.82, 2.24) is 0 Å². The molecule has 0 aromatic heterocycles. The number of halogens is 4. The quantitative estimate of drug-likeness (QED) is 0.534. The predicted octanol–water partition coefficient (Wildman–Crippen LogP) is 2.90. The van der Waals surface area contributed by atoms with Crippen LogP contribution in [-0.2, 0) is 17.6 Å². The number of carboxylic acid groups (broad SMARTS) is 1. The highest BCUT2D eigenvalue weighted by Gasteiger charge is 2.28. The monoisotopic (exact) mass is 509 g/mol. The first-order chi connectivity index (χ1) is 18.3. The second-order valence-electron chi connectivity index (χ2n) is 6.95. The van der Waals surface area contributed by atoms with Crippen LogP contribution in [0.2, 0.25) is 5.02 Å². The molecule has 0 fully saturated rings. The number of nitrogens with zero attached hydrogens (tertiary/aromatic N) is 1. The van der Waals surface area contributed by atoms with Gasteiger partial charge in [-0.1, -0.05) is 11.6 Å². The fourth-order valence-electron chi connectivity index (χ4n) is 3.17. The molecule has 1 aliphatic rings. The summed E-state index contributed by atoms with van der Waals surface area (Å²) in [4.78, 5) is 8.78. The summed E-state index contributed by atoms with van der Waals surface area (Å²) in [5.74, 6) is -2.12. The van der Waals surface area contributed by atoms with Crippen molar-refractivity contribution < 1.29 is 54.8 Å². The molecule has 0 aliphatic carbocycles. The normalized spacial score (nSPS) is 15.9. The molecule has 0 bridgehead atoms. The van der Waals surface area contributed by atoms with Crippen molar-refractivity contribution in [3.8, 4) is 23.0 Å². The van der Waals surface area contributed by atoms with E-state index in [0.29, 0.717) is 30.0 Å². The van der Waals surface area contributed by atoms with Crippen molar-refractivity contribution in [2.45, 2.75) is 19.0 Å². The molecule has 1 aliphatic heterocycles. The molecule has 186 valence electrons. The van der Waals surface area contributed by atoms with Crippen molar-refractivity contribution in [2.24, 2.45) is 0 Å². The molecule has 0 amide bonds. The molecule has 0 radical (unpaired) electrons. The molecule has 0 saturated heterocycles. The van der Waals surface area contributed by atoms with Crippen molar-refractivity contribution >= 4 is 23.8 Å². The van der Waals surface area contributed by atoms with E-state index in [2.05, 4.69) is 4.58 Å². The van der Waals surface area contributed by atoms with Gasteiger partial charge in [-0.05, 0) is 29.3 Å². The van der Waals surface area contributed by atoms with E-state index >= 15 is 0 Å². The Morgan fingerprint density at radius 1 is 1.06 bits per heavy atom. The van der Waals surface area contributed by atoms with Gasteiger partial charge in [-0.2, -0.15) is 13.2 Å². The topological polar surface area (TPSA) is 80.1 Å². The van der Waals surface area contributed by atoms with Crippen LogP contribution in [0.15, 0.2) is 24.3 Å². The van der Waals surface area contributed by atoms with Crippen molar-refractivity contribution in [2.75, 3.05) is 41.4 Å². The first kappa shape index (κ1) is 19.2. The van der Waals surface area contributed by atoms with Gasteiger partial charge in [0, 0.05) is 29.5 Å². The summed E-state index contributed by atoms with van der Waals surface area (Å²) in [6.07, 6.45) is -1.87. The van der Waals surface area contributed by atoms with E-state index in [4.69, 9.17) is 48.7 Å². The molecule has 11 heteroatoms. The lowest BCUT2D eigenvalue weighted by Crippen LogP contribution is -2.37. The van der Waals surface area contributed by atoms with E-state index in [-0.39, 0.29) is 16.5 Å². The first-order valence-corrected chi connectivity index (χ1v) is 10.0. The van der Waals surface area contributed by atoms with Crippen LogP contribution in [-0.4, -0.2) is 64.3 Å². The number of fused-ring (bicyclic) bond motifs is 1. The van der Waals surface area contributed by atoms with E-state index in [1.54, 1.807) is 14.2 Å². The Morgan fingerprint density at radius 3 is 2.18 bits per heavy atom. The summed E-state index contributed by atoms with van der Waals surface area (Å²) in [7, 11) is -2.36. The Kier molecular flexibility index (Phi) is 6.68. The molecule has 0 spiro atoms. The minimum absolute atomic E-state index is 0.199. The summed E-state index contributed by atoms with van der Waals surface area (Å²) >= 11 is 6.35. The number of rotatable bonds is 7. The number of benzene rings is 2. The molecule has 0 N–H and O–H groups in total. The van der Waals surface area contributed by atoms with E-state index in [1.165, 1.54) is 12.1 Å². The highest BCUT2D eigenvalue weighted by atomic mass is 35.5. The molecular weight excluding hydrogens is 479 g/mol. The highest BCUT2D eigenvalue weighted by Crippen LogP contribution is 2.34. The number of methoxy groups -OCH3 is 4. The zero-order valence-electron chi connectivity index (χ0n) is 24.1. The number of aliphatic carboxylic acids is 1. The smallest absolute Gasteiger partial charge is 0.430 e. The Labute approximate surface area is 208 Å². The number of ether oxygens (including phenoxy) is 4. The maximum Gasteiger partial charge on any atom is 0.430 e. The molecule has 34 heavy (non-hydrogen) atoms. The molecule has 0 unspecified atom stereocenters. The third-order valence-electron chi connectivity index (χ3n) is 4.87. The van der Waals surface area contributed by atoms with Gasteiger partial charge in [0.25, 0.3) is 0 Å². The number of alkyl halides is 3. The van der Waals surface area contributed by atoms with Crippen LogP contribution in [0, 0.1) is 0 Å². The summed E-state index contributed by atoms with van der Waals surface area (Å²) in [6.45, 7) is 1.37. The summed E-state index contributed by atoms with van der Waals surface area (Å²) in [5, 5.41) is 9.04. The fraction of sp³-hybridized carbons (Fsp3) is 0.391. The van der Waals surface area contributed by atoms with Gasteiger partial charge in [-0.25, -0.2) is 4.58 Å². The molecule has 3 rings (SSSR count). The van der Waals surface area contributed by atoms with Gasteiger partial charge >= 0.3 is 6.18 Å². The van der Waals surface area contributed by atoms with Gasteiger partial charge < -0.3 is 28.8 Å². The molecule has 0 saturated carbocycles. The van der Waals surface area contributed by atoms with E-state index in [0.717, 1.165) is 24.1 Å². The Balaban J connectivity index is 0.000000708. The van der Waals surface area contributed by atoms with Gasteiger partial charge in [0.05, 0.1) is 36.5 Å². The van der Waals surface area contributed by atoms with Crippen LogP contribution in [0.1, 0.15) is 24.9 Å². The minimum atomic E-state index is -5.19. The summed E-state index contributed by atoms with van der Waals surface area (Å²) < 4.78 is 98.3. The van der Waals surface area contributed by atoms with Crippen LogP contribution in [0.4, 0.5) is 13.2 Å². The Morgan fingerprint density at radius 2 is 1.62 bits per heavy atom. The van der Waals surface area contributed by atoms with Gasteiger partial charge in [0.1, 0.15) is 19.1 Å². The number of carboxylic acids is 1. The van der Waals surface area contributed by atoms with Gasteiger partial charge in [0.2, 0.25) is 0 Å². The van der Waals surface area contributed by atoms with E-state index < -0.39 is 26.2 Å². The van der Waals surface area contributed by atoms with Crippen LogP contribution in [0.5, 0.6) is 23.0 Å². The second-order valence-corrected chi connectivity index (χ2v) is 7.36. The molecule has 2 aromatic rings. The zero-order valence-corrected chi connectivity index (χ0v) is 18.9. The number of hydrogen-bond acceptors (Lipinski definition) is 6. The number of carbonyl (C=O) groups excluding carboxylic acids is 1. The zero-order chi connectivity index (χ0) is 30.5. The largest absolute Gasteiger partial charge is 0.542 e. The van der Waals surface area contributed by atoms with E-state index in [9.17, 15) is 13.2 Å². The van der Waals surface area contributed by atoms with Crippen LogP contribution < -0.4 is 24.1 Å². The average molecular weight is 510 g/mol. The van der Waals surface area contributed by atoms with E-state index in [1.807, 2.05) is 18.3 Å². The molecule has 7 nitrogen and oxygen atoms in total. The van der Waals surface area contributed by atoms with Gasteiger partial charge in [-0.15, -0.1) is 0 Å². The molecular formula is C23H25ClF3NO6. The maximum atomic E-state index is 10.5. The third kappa shape index (κ3) is 6.93. The average Bonchev–Trinajstić information content (AvgIpc) is 2.81. The summed E-state index contributed by atoms with van der Waals surface area (Å²) in [5.41, 5.74) is 2.79. The first-order valence-electron chi connectivity index (χ1n) is 12.7. The van der Waals surface area contributed by atoms with Crippen LogP contribution in [0.25, 0.3) is 0 Å². The third-order valence-corrected chi connectivity index (χ3v) is 5.22. The van der Waals surface area contributed by atoms with Crippen molar-refractivity contribution in [1.29, 1.82) is 0 Å². The minimum Gasteiger partial charge on any atom is -0.542 e. The lowest BCUT2D eigenvalue weighted by atomic mass is 10.0. The van der Waals surface area contributed by atoms with Crippen molar-refractivity contribution in [3.63, 3.8) is 0 Å². The maximum absolute atomic E-state index is 10.5. The molecule has 2 aromatic carbocycles. The lowest BCUT2D eigenvalue weighted by Gasteiger charge is -2.16. The molecule has 0 atom stereocenters. The second kappa shape index (κ2) is 11.8. The highest BCUT2D eigenvalue weighted by molar-refractivity contribution is 6.31. The lowest BCUT2D eigenvalue weighted by molar-refractivity contribution is -0.523. The Hall–Kier alpha value is -3.14. The van der Waals surface area contributed by atoms with Crippen molar-refractivity contribution in [3.05, 3.63) is 46.0 Å². The standard InChI is InChI=1S/C21H25ClNO4.C2HF3O2/c1-24-18-9-14-5-7-23(13-16(14)11-20(18)26-3)8-6-15-10-19(25-2)21(27-4)12-17(15)22;3-2(4,5)1(6)7/h9-13H,5-8H2,1-4H3;(H,6,7)/q+1;/p-1/i2D3,4D3;. The Bertz CT molecular complexity index is 1250. The van der Waals surface area contributed by atoms with Crippen LogP contribution in [0.3, 0.4) is 0 Å². The summed E-state index contributed by atoms with van der Waals surface area (Å²) in [6, 6.07) is 6.59. The molecule has 1 heterocycles. The predicted molar refractivity (Wildman–Crippen MR) is 118 cm³/mol. The number of hydrogen-bond donors (Lipinski definition) is 0. The fourth-order valence-corrected chi connectivity index (χ4v) is 3.42. The van der Waals surface area contributed by atoms with Gasteiger partial charge in [0.15, 0.2) is 29.2 Å². The van der Waals surface area contributed by atoms with Crippen LogP contribution >= 0.6 is 11.6 Å². The SMILES string of the molecule is O=C([O-])C(F)(F)F.[2H]C([2H])([2H])Oc1cc(Cl)c(CC[N+]2=Cc3cc(OC)c(OC)cc3CC2)cc1OC([2H])([2H])[2H]. The number of carbonyl (C=O) groups is 1. The van der Waals surface area contributed by atoms with Gasteiger partial charge in [-0.3, -0.25) is 0 Å².